The van der Waals surface area contributed by atoms with E-state index in [1.807, 2.05) is 11.4 Å². The average molecular weight is 357 g/mol. The fraction of sp³-hybridized carbons (Fsp3) is 0.476. The van der Waals surface area contributed by atoms with Crippen molar-refractivity contribution < 1.29 is 4.79 Å². The van der Waals surface area contributed by atoms with Crippen LogP contribution in [0.5, 0.6) is 0 Å². The third kappa shape index (κ3) is 4.71. The summed E-state index contributed by atoms with van der Waals surface area (Å²) in [6.07, 6.45) is 4.89. The number of piperidine rings is 1. The van der Waals surface area contributed by atoms with Crippen LogP contribution in [0, 0.1) is 0 Å². The fourth-order valence-corrected chi connectivity index (χ4v) is 4.38. The molecule has 1 aliphatic heterocycles. The lowest BCUT2D eigenvalue weighted by atomic mass is 10.0. The van der Waals surface area contributed by atoms with E-state index < -0.39 is 0 Å². The largest absolute Gasteiger partial charge is 0.347 e. The first-order valence-electron chi connectivity index (χ1n) is 9.33. The fourth-order valence-electron chi connectivity index (χ4n) is 3.47. The molecule has 1 amide bonds. The van der Waals surface area contributed by atoms with Crippen LogP contribution in [0.4, 0.5) is 0 Å². The quantitative estimate of drug-likeness (QED) is 0.819. The van der Waals surface area contributed by atoms with Gasteiger partial charge in [-0.2, -0.15) is 0 Å². The normalized spacial score (nSPS) is 18.2. The summed E-state index contributed by atoms with van der Waals surface area (Å²) in [4.78, 5) is 15.7. The summed E-state index contributed by atoms with van der Waals surface area (Å²) >= 11 is 1.52. The first-order valence-corrected chi connectivity index (χ1v) is 10.2. The number of hydrogen-bond acceptors (Lipinski definition) is 3. The molecule has 0 spiro atoms. The zero-order valence-corrected chi connectivity index (χ0v) is 16.1. The van der Waals surface area contributed by atoms with Crippen molar-refractivity contribution >= 4 is 17.2 Å². The second-order valence-corrected chi connectivity index (χ2v) is 7.86. The molecule has 1 fully saturated rings. The van der Waals surface area contributed by atoms with Crippen LogP contribution in [0.25, 0.3) is 0 Å². The lowest BCUT2D eigenvalue weighted by Crippen LogP contribution is -2.36. The minimum Gasteiger partial charge on any atom is -0.347 e. The van der Waals surface area contributed by atoms with Crippen molar-refractivity contribution in [2.24, 2.45) is 0 Å². The van der Waals surface area contributed by atoms with E-state index in [2.05, 4.69) is 48.3 Å². The van der Waals surface area contributed by atoms with Crippen LogP contribution in [0.2, 0.25) is 0 Å². The van der Waals surface area contributed by atoms with E-state index in [1.54, 1.807) is 0 Å². The molecule has 0 saturated carbocycles. The van der Waals surface area contributed by atoms with Crippen molar-refractivity contribution in [2.45, 2.75) is 58.7 Å². The van der Waals surface area contributed by atoms with Crippen LogP contribution < -0.4 is 5.32 Å². The summed E-state index contributed by atoms with van der Waals surface area (Å²) in [5, 5.41) is 5.04. The van der Waals surface area contributed by atoms with Gasteiger partial charge in [-0.15, -0.1) is 11.3 Å². The van der Waals surface area contributed by atoms with E-state index in [1.165, 1.54) is 42.7 Å². The SMILES string of the molecule is CCc1ccsc1C(=O)NCc1ccc(CN2CCCCC2C)cc1. The molecular weight excluding hydrogens is 328 g/mol. The molecule has 2 heterocycles. The molecule has 1 aromatic heterocycles. The number of aryl methyl sites for hydroxylation is 1. The second kappa shape index (κ2) is 8.63. The molecule has 1 atom stereocenters. The number of nitrogens with zero attached hydrogens (tertiary/aromatic N) is 1. The Kier molecular flexibility index (Phi) is 6.27. The summed E-state index contributed by atoms with van der Waals surface area (Å²) in [7, 11) is 0. The highest BCUT2D eigenvalue weighted by atomic mass is 32.1. The number of nitrogens with one attached hydrogen (secondary N) is 1. The van der Waals surface area contributed by atoms with Crippen LogP contribution in [0.15, 0.2) is 35.7 Å². The van der Waals surface area contributed by atoms with Crippen LogP contribution in [0.3, 0.4) is 0 Å². The van der Waals surface area contributed by atoms with Gasteiger partial charge in [0, 0.05) is 19.1 Å². The van der Waals surface area contributed by atoms with Crippen molar-refractivity contribution in [1.82, 2.24) is 10.2 Å². The Balaban J connectivity index is 1.53. The highest BCUT2D eigenvalue weighted by Gasteiger charge is 2.18. The molecule has 3 nitrogen and oxygen atoms in total. The molecule has 1 aromatic carbocycles. The lowest BCUT2D eigenvalue weighted by molar-refractivity contribution is 0.0954. The molecule has 3 rings (SSSR count). The van der Waals surface area contributed by atoms with E-state index in [4.69, 9.17) is 0 Å². The molecule has 0 aliphatic carbocycles. The molecule has 2 aromatic rings. The van der Waals surface area contributed by atoms with Crippen LogP contribution in [0.1, 0.15) is 59.5 Å². The van der Waals surface area contributed by atoms with Gasteiger partial charge >= 0.3 is 0 Å². The van der Waals surface area contributed by atoms with Gasteiger partial charge in [0.25, 0.3) is 5.91 Å². The second-order valence-electron chi connectivity index (χ2n) is 6.94. The topological polar surface area (TPSA) is 32.3 Å². The van der Waals surface area contributed by atoms with Gasteiger partial charge in [-0.05, 0) is 60.9 Å². The zero-order chi connectivity index (χ0) is 17.6. The number of thiophene rings is 1. The van der Waals surface area contributed by atoms with Crippen molar-refractivity contribution in [1.29, 1.82) is 0 Å². The molecule has 1 saturated heterocycles. The van der Waals surface area contributed by atoms with Crippen LogP contribution >= 0.6 is 11.3 Å². The van der Waals surface area contributed by atoms with Gasteiger partial charge in [-0.1, -0.05) is 37.6 Å². The van der Waals surface area contributed by atoms with Crippen molar-refractivity contribution in [3.05, 3.63) is 57.3 Å². The zero-order valence-electron chi connectivity index (χ0n) is 15.3. The third-order valence-corrected chi connectivity index (χ3v) is 6.09. The Hall–Kier alpha value is -1.65. The maximum absolute atomic E-state index is 12.3. The van der Waals surface area contributed by atoms with Crippen LogP contribution in [-0.2, 0) is 19.5 Å². The first-order chi connectivity index (χ1) is 12.2. The highest BCUT2D eigenvalue weighted by Crippen LogP contribution is 2.20. The molecule has 1 aliphatic rings. The Labute approximate surface area is 155 Å². The monoisotopic (exact) mass is 356 g/mol. The maximum atomic E-state index is 12.3. The molecule has 0 radical (unpaired) electrons. The summed E-state index contributed by atoms with van der Waals surface area (Å²) in [6.45, 7) is 7.24. The van der Waals surface area contributed by atoms with Gasteiger partial charge in [0.1, 0.15) is 0 Å². The van der Waals surface area contributed by atoms with Gasteiger partial charge in [-0.25, -0.2) is 0 Å². The van der Waals surface area contributed by atoms with Gasteiger partial charge in [0.05, 0.1) is 4.88 Å². The first kappa shape index (κ1) is 18.2. The highest BCUT2D eigenvalue weighted by molar-refractivity contribution is 7.12. The number of likely N-dealkylation sites (tertiary alicyclic amines) is 1. The maximum Gasteiger partial charge on any atom is 0.261 e. The standard InChI is InChI=1S/C21H28N2OS/c1-3-19-11-13-25-20(19)21(24)22-14-17-7-9-18(10-8-17)15-23-12-5-4-6-16(23)2/h7-11,13,16H,3-6,12,14-15H2,1-2H3,(H,22,24). The summed E-state index contributed by atoms with van der Waals surface area (Å²) in [6, 6.07) is 11.4. The number of amides is 1. The smallest absolute Gasteiger partial charge is 0.261 e. The summed E-state index contributed by atoms with van der Waals surface area (Å²) in [5.74, 6) is 0.0399. The molecule has 1 N–H and O–H groups in total. The average Bonchev–Trinajstić information content (AvgIpc) is 3.12. The van der Waals surface area contributed by atoms with Gasteiger partial charge in [0.2, 0.25) is 0 Å². The van der Waals surface area contributed by atoms with E-state index >= 15 is 0 Å². The van der Waals surface area contributed by atoms with Gasteiger partial charge in [-0.3, -0.25) is 9.69 Å². The van der Waals surface area contributed by atoms with E-state index in [0.29, 0.717) is 12.6 Å². The molecule has 4 heteroatoms. The minimum absolute atomic E-state index is 0.0399. The number of hydrogen-bond donors (Lipinski definition) is 1. The summed E-state index contributed by atoms with van der Waals surface area (Å²) in [5.41, 5.74) is 3.64. The predicted molar refractivity (Wildman–Crippen MR) is 105 cm³/mol. The van der Waals surface area contributed by atoms with Crippen LogP contribution in [-0.4, -0.2) is 23.4 Å². The van der Waals surface area contributed by atoms with Crippen molar-refractivity contribution in [2.75, 3.05) is 6.54 Å². The number of carbonyl (C=O) groups excluding carboxylic acids is 1. The Bertz CT molecular complexity index is 692. The lowest BCUT2D eigenvalue weighted by Gasteiger charge is -2.33. The van der Waals surface area contributed by atoms with Crippen molar-refractivity contribution in [3.63, 3.8) is 0 Å². The molecule has 1 unspecified atom stereocenters. The number of carbonyl (C=O) groups is 1. The minimum atomic E-state index is 0.0399. The van der Waals surface area contributed by atoms with Gasteiger partial charge < -0.3 is 5.32 Å². The van der Waals surface area contributed by atoms with E-state index in [9.17, 15) is 4.79 Å². The Morgan fingerprint density at radius 1 is 1.20 bits per heavy atom. The van der Waals surface area contributed by atoms with E-state index in [0.717, 1.165) is 29.0 Å². The van der Waals surface area contributed by atoms with Crippen molar-refractivity contribution in [3.8, 4) is 0 Å². The predicted octanol–water partition coefficient (Wildman–Crippen LogP) is 4.61. The Morgan fingerprint density at radius 2 is 1.96 bits per heavy atom. The molecule has 134 valence electrons. The molecular formula is C21H28N2OS. The van der Waals surface area contributed by atoms with E-state index in [-0.39, 0.29) is 5.91 Å². The number of rotatable bonds is 6. The molecule has 25 heavy (non-hydrogen) atoms. The third-order valence-electron chi connectivity index (χ3n) is 5.14. The number of benzene rings is 1. The Morgan fingerprint density at radius 3 is 2.68 bits per heavy atom. The molecule has 0 bridgehead atoms. The van der Waals surface area contributed by atoms with Gasteiger partial charge in [0.15, 0.2) is 0 Å². The summed E-state index contributed by atoms with van der Waals surface area (Å²) < 4.78 is 0.